The number of hydrogen-bond donors (Lipinski definition) is 3. The van der Waals surface area contributed by atoms with Crippen LogP contribution in [0.15, 0.2) is 53.3 Å². The molecule has 172 valence electrons. The summed E-state index contributed by atoms with van der Waals surface area (Å²) in [4.78, 5) is 31.3. The van der Waals surface area contributed by atoms with Crippen molar-refractivity contribution >= 4 is 39.2 Å². The minimum atomic E-state index is -0.619. The van der Waals surface area contributed by atoms with Crippen LogP contribution in [0.2, 0.25) is 0 Å². The Kier molecular flexibility index (Phi) is 7.97. The van der Waals surface area contributed by atoms with Gasteiger partial charge >= 0.3 is 5.69 Å². The zero-order valence-corrected chi connectivity index (χ0v) is 19.4. The Morgan fingerprint density at radius 1 is 1.09 bits per heavy atom. The van der Waals surface area contributed by atoms with E-state index in [9.17, 15) is 14.9 Å². The molecule has 11 nitrogen and oxygen atoms in total. The fraction of sp³-hybridized carbons (Fsp3) is 0.190. The molecule has 2 aromatic carbocycles. The number of hydrogen-bond acceptors (Lipinski definition) is 9. The lowest BCUT2D eigenvalue weighted by atomic mass is 10.1. The van der Waals surface area contributed by atoms with Crippen LogP contribution in [0.3, 0.4) is 0 Å². The minimum Gasteiger partial charge on any atom is -0.493 e. The van der Waals surface area contributed by atoms with E-state index in [1.807, 2.05) is 12.1 Å². The standard InChI is InChI=1S/C21H21BrN6O5/c1-32-16-8-7-13(11-17(16)33-2)9-10-23-19-18(28(30)31)20(25-12-24-19)26-27-21(29)14-5-3-4-6-15(14)22/h3-8,11-12H,9-10H2,1-2H3,(H,27,29)(H2,23,24,25,26). The van der Waals surface area contributed by atoms with Crippen molar-refractivity contribution in [1.29, 1.82) is 0 Å². The highest BCUT2D eigenvalue weighted by Crippen LogP contribution is 2.30. The SMILES string of the molecule is COc1ccc(CCNc2ncnc(NNC(=O)c3ccccc3Br)c2[N+](=O)[O-])cc1OC. The van der Waals surface area contributed by atoms with E-state index in [0.717, 1.165) is 5.56 Å². The first kappa shape index (κ1) is 23.7. The number of benzene rings is 2. The Balaban J connectivity index is 1.69. The Hall–Kier alpha value is -3.93. The summed E-state index contributed by atoms with van der Waals surface area (Å²) in [5, 5.41) is 14.6. The summed E-state index contributed by atoms with van der Waals surface area (Å²) in [7, 11) is 3.11. The Labute approximate surface area is 197 Å². The average molecular weight is 517 g/mol. The van der Waals surface area contributed by atoms with Gasteiger partial charge in [-0.15, -0.1) is 0 Å². The summed E-state index contributed by atoms with van der Waals surface area (Å²) >= 11 is 3.29. The van der Waals surface area contributed by atoms with Crippen LogP contribution in [0.1, 0.15) is 15.9 Å². The lowest BCUT2D eigenvalue weighted by molar-refractivity contribution is -0.383. The van der Waals surface area contributed by atoms with Gasteiger partial charge in [0.05, 0.1) is 24.7 Å². The van der Waals surface area contributed by atoms with E-state index in [-0.39, 0.29) is 11.6 Å². The Morgan fingerprint density at radius 2 is 1.82 bits per heavy atom. The Morgan fingerprint density at radius 3 is 2.52 bits per heavy atom. The van der Waals surface area contributed by atoms with Crippen LogP contribution >= 0.6 is 15.9 Å². The van der Waals surface area contributed by atoms with E-state index in [1.165, 1.54) is 6.33 Å². The first-order valence-electron chi connectivity index (χ1n) is 9.69. The zero-order chi connectivity index (χ0) is 23.8. The molecule has 0 aliphatic rings. The molecule has 0 fully saturated rings. The number of carbonyl (C=O) groups is 1. The molecule has 0 aliphatic heterocycles. The van der Waals surface area contributed by atoms with Gasteiger partial charge in [-0.1, -0.05) is 18.2 Å². The lowest BCUT2D eigenvalue weighted by Gasteiger charge is -2.12. The first-order chi connectivity index (χ1) is 15.9. The van der Waals surface area contributed by atoms with Crippen molar-refractivity contribution < 1.29 is 19.2 Å². The highest BCUT2D eigenvalue weighted by molar-refractivity contribution is 9.10. The molecular formula is C21H21BrN6O5. The molecule has 0 atom stereocenters. The van der Waals surface area contributed by atoms with E-state index < -0.39 is 16.5 Å². The Bertz CT molecular complexity index is 1160. The topological polar surface area (TPSA) is 141 Å². The minimum absolute atomic E-state index is 0.0214. The second kappa shape index (κ2) is 11.1. The van der Waals surface area contributed by atoms with Crippen LogP contribution < -0.4 is 25.6 Å². The number of nitro groups is 1. The summed E-state index contributed by atoms with van der Waals surface area (Å²) in [6, 6.07) is 12.3. The van der Waals surface area contributed by atoms with E-state index in [1.54, 1.807) is 44.6 Å². The largest absolute Gasteiger partial charge is 0.493 e. The molecule has 0 bridgehead atoms. The van der Waals surface area contributed by atoms with Crippen LogP contribution in [-0.4, -0.2) is 41.6 Å². The van der Waals surface area contributed by atoms with Crippen molar-refractivity contribution in [2.45, 2.75) is 6.42 Å². The normalized spacial score (nSPS) is 10.3. The van der Waals surface area contributed by atoms with Crippen molar-refractivity contribution in [3.8, 4) is 11.5 Å². The van der Waals surface area contributed by atoms with Crippen molar-refractivity contribution in [3.05, 3.63) is 74.5 Å². The highest BCUT2D eigenvalue weighted by atomic mass is 79.9. The molecule has 3 N–H and O–H groups in total. The molecule has 0 aliphatic carbocycles. The molecule has 3 rings (SSSR count). The van der Waals surface area contributed by atoms with Gasteiger partial charge in [0.15, 0.2) is 11.5 Å². The summed E-state index contributed by atoms with van der Waals surface area (Å²) < 4.78 is 11.1. The molecule has 0 spiro atoms. The third-order valence-electron chi connectivity index (χ3n) is 4.57. The molecule has 1 aromatic heterocycles. The highest BCUT2D eigenvalue weighted by Gasteiger charge is 2.23. The number of hydrazine groups is 1. The third-order valence-corrected chi connectivity index (χ3v) is 5.26. The van der Waals surface area contributed by atoms with Crippen molar-refractivity contribution in [1.82, 2.24) is 15.4 Å². The fourth-order valence-corrected chi connectivity index (χ4v) is 3.43. The monoisotopic (exact) mass is 516 g/mol. The molecule has 0 radical (unpaired) electrons. The number of rotatable bonds is 10. The van der Waals surface area contributed by atoms with E-state index in [0.29, 0.717) is 34.5 Å². The lowest BCUT2D eigenvalue weighted by Crippen LogP contribution is -2.30. The summed E-state index contributed by atoms with van der Waals surface area (Å²) in [5.41, 5.74) is 5.84. The van der Waals surface area contributed by atoms with Crippen molar-refractivity contribution in [2.24, 2.45) is 0 Å². The molecule has 0 saturated heterocycles. The number of halogens is 1. The average Bonchev–Trinajstić information content (AvgIpc) is 2.82. The van der Waals surface area contributed by atoms with Gasteiger partial charge in [-0.2, -0.15) is 0 Å². The number of methoxy groups -OCH3 is 2. The molecular weight excluding hydrogens is 496 g/mol. The van der Waals surface area contributed by atoms with E-state index in [2.05, 4.69) is 42.1 Å². The van der Waals surface area contributed by atoms with Gasteiger partial charge in [-0.3, -0.25) is 25.8 Å². The van der Waals surface area contributed by atoms with Crippen LogP contribution in [-0.2, 0) is 6.42 Å². The molecule has 0 unspecified atom stereocenters. The van der Waals surface area contributed by atoms with Crippen LogP contribution in [0.25, 0.3) is 0 Å². The second-order valence-corrected chi connectivity index (χ2v) is 7.46. The number of aromatic nitrogens is 2. The molecule has 3 aromatic rings. The second-order valence-electron chi connectivity index (χ2n) is 6.60. The number of nitrogens with zero attached hydrogens (tertiary/aromatic N) is 3. The van der Waals surface area contributed by atoms with Crippen molar-refractivity contribution in [3.63, 3.8) is 0 Å². The zero-order valence-electron chi connectivity index (χ0n) is 17.8. The van der Waals surface area contributed by atoms with Gasteiger partial charge in [-0.05, 0) is 52.2 Å². The van der Waals surface area contributed by atoms with Crippen LogP contribution in [0, 0.1) is 10.1 Å². The summed E-state index contributed by atoms with van der Waals surface area (Å²) in [5.74, 6) is 0.590. The smallest absolute Gasteiger partial charge is 0.354 e. The quantitative estimate of drug-likeness (QED) is 0.272. The van der Waals surface area contributed by atoms with Crippen LogP contribution in [0.4, 0.5) is 17.3 Å². The van der Waals surface area contributed by atoms with Gasteiger partial charge in [0.25, 0.3) is 5.91 Å². The summed E-state index contributed by atoms with van der Waals surface area (Å²) in [6.07, 6.45) is 1.71. The summed E-state index contributed by atoms with van der Waals surface area (Å²) in [6.45, 7) is 0.357. The van der Waals surface area contributed by atoms with Crippen LogP contribution in [0.5, 0.6) is 11.5 Å². The molecule has 33 heavy (non-hydrogen) atoms. The fourth-order valence-electron chi connectivity index (χ4n) is 2.96. The number of carbonyl (C=O) groups excluding carboxylic acids is 1. The number of ether oxygens (including phenoxy) is 2. The maximum atomic E-state index is 12.4. The van der Waals surface area contributed by atoms with Gasteiger partial charge in [-0.25, -0.2) is 9.97 Å². The van der Waals surface area contributed by atoms with Gasteiger partial charge < -0.3 is 14.8 Å². The van der Waals surface area contributed by atoms with Gasteiger partial charge in [0.1, 0.15) is 6.33 Å². The molecule has 0 saturated carbocycles. The number of nitrogens with one attached hydrogen (secondary N) is 3. The third kappa shape index (κ3) is 5.86. The predicted molar refractivity (Wildman–Crippen MR) is 126 cm³/mol. The predicted octanol–water partition coefficient (Wildman–Crippen LogP) is 3.58. The van der Waals surface area contributed by atoms with E-state index >= 15 is 0 Å². The number of anilines is 2. The molecule has 1 heterocycles. The maximum absolute atomic E-state index is 12.4. The molecule has 12 heteroatoms. The first-order valence-corrected chi connectivity index (χ1v) is 10.5. The van der Waals surface area contributed by atoms with Gasteiger partial charge in [0.2, 0.25) is 11.6 Å². The van der Waals surface area contributed by atoms with Crippen molar-refractivity contribution in [2.75, 3.05) is 31.5 Å². The maximum Gasteiger partial charge on any atom is 0.354 e. The molecule has 1 amide bonds. The van der Waals surface area contributed by atoms with Gasteiger partial charge in [0, 0.05) is 11.0 Å². The number of amides is 1. The van der Waals surface area contributed by atoms with E-state index in [4.69, 9.17) is 9.47 Å².